The Labute approximate surface area is 125 Å². The minimum Gasteiger partial charge on any atom is -0.487 e. The molecular weight excluding hydrogens is 286 g/mol. The second-order valence-electron chi connectivity index (χ2n) is 4.89. The quantitative estimate of drug-likeness (QED) is 0.746. The molecule has 0 aliphatic rings. The average Bonchev–Trinajstić information content (AvgIpc) is 2.81. The van der Waals surface area contributed by atoms with E-state index in [0.717, 1.165) is 16.3 Å². The van der Waals surface area contributed by atoms with Crippen LogP contribution in [0.2, 0.25) is 0 Å². The van der Waals surface area contributed by atoms with Gasteiger partial charge in [-0.25, -0.2) is 4.98 Å². The number of nitrogens with zero attached hydrogens (tertiary/aromatic N) is 3. The maximum Gasteiger partial charge on any atom is 0.275 e. The normalized spacial score (nSPS) is 11.0. The van der Waals surface area contributed by atoms with Gasteiger partial charge in [0.2, 0.25) is 4.96 Å². The van der Waals surface area contributed by atoms with Crippen molar-refractivity contribution in [2.45, 2.75) is 27.4 Å². The summed E-state index contributed by atoms with van der Waals surface area (Å²) in [5, 5.41) is 4.93. The van der Waals surface area contributed by atoms with E-state index >= 15 is 0 Å². The van der Waals surface area contributed by atoms with Crippen molar-refractivity contribution >= 4 is 16.3 Å². The summed E-state index contributed by atoms with van der Waals surface area (Å²) in [7, 11) is 0. The highest BCUT2D eigenvalue weighted by Crippen LogP contribution is 2.21. The molecule has 2 heterocycles. The first-order chi connectivity index (χ1) is 10.0. The number of benzene rings is 1. The first-order valence-electron chi connectivity index (χ1n) is 6.60. The summed E-state index contributed by atoms with van der Waals surface area (Å²) in [6.07, 6.45) is 0. The first kappa shape index (κ1) is 13.8. The smallest absolute Gasteiger partial charge is 0.275 e. The highest BCUT2D eigenvalue weighted by molar-refractivity contribution is 7.16. The van der Waals surface area contributed by atoms with Crippen molar-refractivity contribution in [2.24, 2.45) is 0 Å². The molecule has 3 rings (SSSR count). The van der Waals surface area contributed by atoms with Gasteiger partial charge in [0.15, 0.2) is 0 Å². The van der Waals surface area contributed by atoms with Crippen LogP contribution in [-0.4, -0.2) is 14.6 Å². The number of aromatic nitrogens is 3. The van der Waals surface area contributed by atoms with Crippen molar-refractivity contribution in [2.75, 3.05) is 0 Å². The second-order valence-corrected chi connectivity index (χ2v) is 6.05. The molecule has 0 amide bonds. The Balaban J connectivity index is 1.88. The van der Waals surface area contributed by atoms with Crippen LogP contribution in [-0.2, 0) is 6.61 Å². The molecule has 0 aliphatic heterocycles. The summed E-state index contributed by atoms with van der Waals surface area (Å²) in [5.74, 6) is 0.817. The zero-order valence-electron chi connectivity index (χ0n) is 12.1. The fourth-order valence-corrected chi connectivity index (χ4v) is 2.82. The Hall–Kier alpha value is -2.21. The van der Waals surface area contributed by atoms with Gasteiger partial charge in [-0.1, -0.05) is 23.5 Å². The zero-order valence-corrected chi connectivity index (χ0v) is 12.9. The highest BCUT2D eigenvalue weighted by Gasteiger charge is 2.08. The van der Waals surface area contributed by atoms with E-state index in [2.05, 4.69) is 10.1 Å². The Morgan fingerprint density at radius 2 is 2.10 bits per heavy atom. The van der Waals surface area contributed by atoms with Crippen molar-refractivity contribution in [3.63, 3.8) is 0 Å². The molecule has 1 aromatic carbocycles. The van der Waals surface area contributed by atoms with Crippen LogP contribution in [0.3, 0.4) is 0 Å². The van der Waals surface area contributed by atoms with Crippen LogP contribution < -0.4 is 10.3 Å². The van der Waals surface area contributed by atoms with E-state index in [-0.39, 0.29) is 12.2 Å². The number of aryl methyl sites for hydroxylation is 2. The molecule has 0 atom stereocenters. The van der Waals surface area contributed by atoms with E-state index in [1.807, 2.05) is 39.0 Å². The van der Waals surface area contributed by atoms with Crippen LogP contribution in [0.1, 0.15) is 21.8 Å². The van der Waals surface area contributed by atoms with Gasteiger partial charge in [-0.2, -0.15) is 9.61 Å². The molecule has 0 saturated carbocycles. The number of ether oxygens (including phenoxy) is 1. The molecule has 0 radical (unpaired) electrons. The van der Waals surface area contributed by atoms with Gasteiger partial charge in [0.25, 0.3) is 5.56 Å². The molecule has 0 spiro atoms. The molecule has 0 aliphatic carbocycles. The topological polar surface area (TPSA) is 56.5 Å². The molecule has 2 aromatic heterocycles. The predicted octanol–water partition coefficient (Wildman–Crippen LogP) is 2.66. The van der Waals surface area contributed by atoms with Gasteiger partial charge in [0, 0.05) is 6.07 Å². The van der Waals surface area contributed by atoms with Gasteiger partial charge in [-0.3, -0.25) is 4.79 Å². The number of hydrogen-bond acceptors (Lipinski definition) is 5. The average molecular weight is 301 g/mol. The predicted molar refractivity (Wildman–Crippen MR) is 82.1 cm³/mol. The zero-order chi connectivity index (χ0) is 15.0. The Morgan fingerprint density at radius 3 is 2.90 bits per heavy atom. The van der Waals surface area contributed by atoms with Gasteiger partial charge < -0.3 is 4.74 Å². The van der Waals surface area contributed by atoms with Crippen molar-refractivity contribution in [3.8, 4) is 5.75 Å². The summed E-state index contributed by atoms with van der Waals surface area (Å²) >= 11 is 1.39. The molecule has 5 nitrogen and oxygen atoms in total. The summed E-state index contributed by atoms with van der Waals surface area (Å²) < 4.78 is 7.11. The van der Waals surface area contributed by atoms with E-state index in [1.165, 1.54) is 27.5 Å². The van der Waals surface area contributed by atoms with Crippen LogP contribution in [0.25, 0.3) is 4.96 Å². The molecule has 0 bridgehead atoms. The minimum absolute atomic E-state index is 0.177. The van der Waals surface area contributed by atoms with Crippen LogP contribution >= 0.6 is 11.3 Å². The standard InChI is InChI=1S/C15H15N3O2S/c1-9-5-4-6-13(10(9)2)20-8-12-7-14(19)18-15(16-12)21-11(3)17-18/h4-7H,8H2,1-3H3. The maximum atomic E-state index is 12.0. The third kappa shape index (κ3) is 2.67. The Kier molecular flexibility index (Phi) is 3.47. The third-order valence-corrected chi connectivity index (χ3v) is 4.15. The molecule has 6 heteroatoms. The molecule has 3 aromatic rings. The number of rotatable bonds is 3. The summed E-state index contributed by atoms with van der Waals surface area (Å²) in [6, 6.07) is 7.39. The molecular formula is C15H15N3O2S. The fraction of sp³-hybridized carbons (Fsp3) is 0.267. The van der Waals surface area contributed by atoms with Gasteiger partial charge in [-0.15, -0.1) is 0 Å². The second kappa shape index (κ2) is 5.29. The van der Waals surface area contributed by atoms with Gasteiger partial charge in [0.1, 0.15) is 17.4 Å². The van der Waals surface area contributed by atoms with Crippen LogP contribution in [0.4, 0.5) is 0 Å². The summed E-state index contributed by atoms with van der Waals surface area (Å²) in [4.78, 5) is 17.0. The van der Waals surface area contributed by atoms with Crippen LogP contribution in [0.5, 0.6) is 5.75 Å². The van der Waals surface area contributed by atoms with E-state index in [9.17, 15) is 4.79 Å². The van der Waals surface area contributed by atoms with Crippen molar-refractivity contribution in [3.05, 3.63) is 56.4 Å². The molecule has 0 N–H and O–H groups in total. The van der Waals surface area contributed by atoms with Crippen molar-refractivity contribution < 1.29 is 4.74 Å². The van der Waals surface area contributed by atoms with Gasteiger partial charge >= 0.3 is 0 Å². The van der Waals surface area contributed by atoms with E-state index in [4.69, 9.17) is 4.74 Å². The minimum atomic E-state index is -0.177. The Morgan fingerprint density at radius 1 is 1.29 bits per heavy atom. The lowest BCUT2D eigenvalue weighted by Crippen LogP contribution is -2.16. The molecule has 0 saturated heterocycles. The maximum absolute atomic E-state index is 12.0. The number of hydrogen-bond donors (Lipinski definition) is 0. The van der Waals surface area contributed by atoms with Gasteiger partial charge in [-0.05, 0) is 38.0 Å². The SMILES string of the molecule is Cc1nn2c(=O)cc(COc3cccc(C)c3C)nc2s1. The summed E-state index contributed by atoms with van der Waals surface area (Å²) in [6.45, 7) is 6.18. The molecule has 0 unspecified atom stereocenters. The van der Waals surface area contributed by atoms with Crippen LogP contribution in [0, 0.1) is 20.8 Å². The third-order valence-electron chi connectivity index (χ3n) is 3.33. The first-order valence-corrected chi connectivity index (χ1v) is 7.41. The van der Waals surface area contributed by atoms with Crippen LogP contribution in [0.15, 0.2) is 29.1 Å². The molecule has 21 heavy (non-hydrogen) atoms. The fourth-order valence-electron chi connectivity index (χ4n) is 2.06. The lowest BCUT2D eigenvalue weighted by Gasteiger charge is -2.10. The Bertz CT molecular complexity index is 867. The van der Waals surface area contributed by atoms with E-state index in [1.54, 1.807) is 0 Å². The molecule has 0 fully saturated rings. The lowest BCUT2D eigenvalue weighted by molar-refractivity contribution is 0.299. The van der Waals surface area contributed by atoms with E-state index in [0.29, 0.717) is 10.7 Å². The largest absolute Gasteiger partial charge is 0.487 e. The number of fused-ring (bicyclic) bond motifs is 1. The van der Waals surface area contributed by atoms with Crippen molar-refractivity contribution in [1.82, 2.24) is 14.6 Å². The van der Waals surface area contributed by atoms with E-state index < -0.39 is 0 Å². The monoisotopic (exact) mass is 301 g/mol. The summed E-state index contributed by atoms with van der Waals surface area (Å²) in [5.41, 5.74) is 2.71. The molecule has 108 valence electrons. The van der Waals surface area contributed by atoms with Crippen molar-refractivity contribution in [1.29, 1.82) is 0 Å². The highest BCUT2D eigenvalue weighted by atomic mass is 32.1. The van der Waals surface area contributed by atoms with Gasteiger partial charge in [0.05, 0.1) is 5.69 Å². The lowest BCUT2D eigenvalue weighted by atomic mass is 10.1.